The van der Waals surface area contributed by atoms with Crippen molar-refractivity contribution in [2.75, 3.05) is 0 Å². The quantitative estimate of drug-likeness (QED) is 0.472. The van der Waals surface area contributed by atoms with Gasteiger partial charge in [-0.3, -0.25) is 0 Å². The molecule has 0 aromatic rings. The van der Waals surface area contributed by atoms with Crippen molar-refractivity contribution in [3.8, 4) is 0 Å². The van der Waals surface area contributed by atoms with Crippen LogP contribution in [0, 0.1) is 0 Å². The molecule has 0 aliphatic carbocycles. The Labute approximate surface area is 65.6 Å². The lowest BCUT2D eigenvalue weighted by molar-refractivity contribution is 0.402. The summed E-state index contributed by atoms with van der Waals surface area (Å²) in [5.41, 5.74) is 1.15. The maximum atomic E-state index is 2.51. The molecule has 2 saturated heterocycles. The summed E-state index contributed by atoms with van der Waals surface area (Å²) < 4.78 is 0. The second-order valence-corrected chi connectivity index (χ2v) is 6.50. The van der Waals surface area contributed by atoms with E-state index in [4.69, 9.17) is 0 Å². The molecule has 0 saturated carbocycles. The van der Waals surface area contributed by atoms with Crippen LogP contribution in [0.5, 0.6) is 0 Å². The standard InChI is InChI=1S/C9H17P/c1-9-6-2-4-8(10-9)5-3-7-9/h8,10H,2-7H2,1H3. The third kappa shape index (κ3) is 1.23. The Morgan fingerprint density at radius 3 is 2.20 bits per heavy atom. The van der Waals surface area contributed by atoms with E-state index in [2.05, 4.69) is 6.92 Å². The van der Waals surface area contributed by atoms with Crippen LogP contribution in [0.3, 0.4) is 0 Å². The molecule has 0 aromatic carbocycles. The van der Waals surface area contributed by atoms with Gasteiger partial charge < -0.3 is 0 Å². The molecule has 2 aliphatic rings. The SMILES string of the molecule is CC12CCCC(CCC1)P2. The van der Waals surface area contributed by atoms with Gasteiger partial charge in [-0.1, -0.05) is 19.8 Å². The van der Waals surface area contributed by atoms with Crippen molar-refractivity contribution < 1.29 is 0 Å². The molecule has 0 radical (unpaired) electrons. The Morgan fingerprint density at radius 1 is 1.20 bits per heavy atom. The normalized spacial score (nSPS) is 49.5. The summed E-state index contributed by atoms with van der Waals surface area (Å²) in [7, 11) is 1.31. The Morgan fingerprint density at radius 2 is 1.80 bits per heavy atom. The van der Waals surface area contributed by atoms with Crippen LogP contribution in [0.15, 0.2) is 0 Å². The van der Waals surface area contributed by atoms with Crippen molar-refractivity contribution in [2.24, 2.45) is 0 Å². The zero-order valence-corrected chi connectivity index (χ0v) is 7.82. The van der Waals surface area contributed by atoms with Crippen molar-refractivity contribution >= 4 is 8.58 Å². The fourth-order valence-electron chi connectivity index (χ4n) is 2.53. The molecule has 2 aliphatic heterocycles. The first kappa shape index (κ1) is 7.10. The number of hydrogen-bond donors (Lipinski definition) is 0. The van der Waals surface area contributed by atoms with Gasteiger partial charge in [-0.05, 0) is 36.5 Å². The Balaban J connectivity index is 2.07. The minimum Gasteiger partial charge on any atom is -0.113 e. The molecule has 0 aromatic heterocycles. The van der Waals surface area contributed by atoms with E-state index in [9.17, 15) is 0 Å². The van der Waals surface area contributed by atoms with E-state index in [-0.39, 0.29) is 0 Å². The van der Waals surface area contributed by atoms with Crippen molar-refractivity contribution in [1.29, 1.82) is 0 Å². The lowest BCUT2D eigenvalue weighted by atomic mass is 9.90. The summed E-state index contributed by atoms with van der Waals surface area (Å²) in [6, 6.07) is 0. The molecule has 0 spiro atoms. The average molecular weight is 156 g/mol. The molecule has 2 heterocycles. The second-order valence-electron chi connectivity index (χ2n) is 4.19. The molecule has 1 heteroatoms. The van der Waals surface area contributed by atoms with E-state index in [1.165, 1.54) is 34.3 Å². The first-order chi connectivity index (χ1) is 4.79. The third-order valence-electron chi connectivity index (χ3n) is 3.11. The highest BCUT2D eigenvalue weighted by Gasteiger charge is 2.34. The lowest BCUT2D eigenvalue weighted by Crippen LogP contribution is -2.30. The highest BCUT2D eigenvalue weighted by molar-refractivity contribution is 7.41. The van der Waals surface area contributed by atoms with Gasteiger partial charge in [-0.2, -0.15) is 0 Å². The van der Waals surface area contributed by atoms with Crippen LogP contribution in [0.1, 0.15) is 45.4 Å². The Kier molecular flexibility index (Phi) is 1.76. The highest BCUT2D eigenvalue weighted by Crippen LogP contribution is 2.53. The van der Waals surface area contributed by atoms with Crippen LogP contribution in [0.4, 0.5) is 0 Å². The van der Waals surface area contributed by atoms with Gasteiger partial charge in [0.1, 0.15) is 0 Å². The van der Waals surface area contributed by atoms with Gasteiger partial charge in [0.05, 0.1) is 0 Å². The summed E-state index contributed by atoms with van der Waals surface area (Å²) in [6.07, 6.45) is 9.20. The van der Waals surface area contributed by atoms with Crippen LogP contribution in [0.2, 0.25) is 0 Å². The van der Waals surface area contributed by atoms with Gasteiger partial charge in [0.25, 0.3) is 0 Å². The Bertz CT molecular complexity index is 121. The summed E-state index contributed by atoms with van der Waals surface area (Å²) in [4.78, 5) is 0. The summed E-state index contributed by atoms with van der Waals surface area (Å²) in [5, 5.41) is 0.807. The summed E-state index contributed by atoms with van der Waals surface area (Å²) >= 11 is 0. The third-order valence-corrected chi connectivity index (χ3v) is 5.30. The molecule has 2 rings (SSSR count). The smallest absolute Gasteiger partial charge is 0.0148 e. The molecule has 58 valence electrons. The molecular weight excluding hydrogens is 139 g/mol. The van der Waals surface area contributed by atoms with Gasteiger partial charge in [0.2, 0.25) is 0 Å². The summed E-state index contributed by atoms with van der Waals surface area (Å²) in [6.45, 7) is 2.51. The second kappa shape index (κ2) is 2.48. The van der Waals surface area contributed by atoms with Gasteiger partial charge >= 0.3 is 0 Å². The van der Waals surface area contributed by atoms with Gasteiger partial charge in [-0.15, -0.1) is 8.58 Å². The van der Waals surface area contributed by atoms with E-state index in [1.807, 2.05) is 0 Å². The van der Waals surface area contributed by atoms with Crippen LogP contribution >= 0.6 is 8.58 Å². The largest absolute Gasteiger partial charge is 0.113 e. The van der Waals surface area contributed by atoms with Crippen molar-refractivity contribution in [1.82, 2.24) is 0 Å². The van der Waals surface area contributed by atoms with Gasteiger partial charge in [0.15, 0.2) is 0 Å². The van der Waals surface area contributed by atoms with E-state index < -0.39 is 0 Å². The number of rotatable bonds is 0. The molecule has 2 fully saturated rings. The fraction of sp³-hybridized carbons (Fsp3) is 1.00. The van der Waals surface area contributed by atoms with Crippen LogP contribution in [0.25, 0.3) is 0 Å². The first-order valence-electron chi connectivity index (χ1n) is 4.56. The van der Waals surface area contributed by atoms with Gasteiger partial charge in [0, 0.05) is 0 Å². The predicted octanol–water partition coefficient (Wildman–Crippen LogP) is 3.16. The monoisotopic (exact) mass is 156 g/mol. The minimum atomic E-state index is 0.807. The van der Waals surface area contributed by atoms with Crippen LogP contribution in [-0.2, 0) is 0 Å². The fourth-order valence-corrected chi connectivity index (χ4v) is 4.85. The van der Waals surface area contributed by atoms with E-state index in [1.54, 1.807) is 12.8 Å². The molecule has 10 heavy (non-hydrogen) atoms. The van der Waals surface area contributed by atoms with Crippen molar-refractivity contribution in [3.63, 3.8) is 0 Å². The van der Waals surface area contributed by atoms with E-state index in [0.717, 1.165) is 10.8 Å². The maximum Gasteiger partial charge on any atom is -0.0148 e. The van der Waals surface area contributed by atoms with Crippen molar-refractivity contribution in [2.45, 2.75) is 56.3 Å². The minimum absolute atomic E-state index is 0.807. The molecule has 0 amide bonds. The van der Waals surface area contributed by atoms with Gasteiger partial charge in [-0.25, -0.2) is 0 Å². The maximum absolute atomic E-state index is 2.51. The number of fused-ring (bicyclic) bond motifs is 2. The number of hydrogen-bond acceptors (Lipinski definition) is 0. The zero-order valence-electron chi connectivity index (χ0n) is 6.82. The molecule has 1 unspecified atom stereocenters. The summed E-state index contributed by atoms with van der Waals surface area (Å²) in [5.74, 6) is 0. The highest BCUT2D eigenvalue weighted by atomic mass is 31.1. The molecule has 1 atom stereocenters. The molecular formula is C9H17P. The average Bonchev–Trinajstić information content (AvgIpc) is 1.86. The zero-order chi connectivity index (χ0) is 7.03. The Hall–Kier alpha value is 0.430. The predicted molar refractivity (Wildman–Crippen MR) is 48.2 cm³/mol. The molecule has 2 bridgehead atoms. The van der Waals surface area contributed by atoms with Crippen LogP contribution in [-0.4, -0.2) is 10.8 Å². The van der Waals surface area contributed by atoms with Crippen molar-refractivity contribution in [3.05, 3.63) is 0 Å². The van der Waals surface area contributed by atoms with Crippen LogP contribution < -0.4 is 0 Å². The lowest BCUT2D eigenvalue weighted by Gasteiger charge is -2.42. The molecule has 0 nitrogen and oxygen atoms in total. The molecule has 0 N–H and O–H groups in total. The van der Waals surface area contributed by atoms with E-state index in [0.29, 0.717) is 0 Å². The van der Waals surface area contributed by atoms with E-state index >= 15 is 0 Å². The first-order valence-corrected chi connectivity index (χ1v) is 5.64. The topological polar surface area (TPSA) is 0 Å².